The number of aromatic nitrogens is 6. The Hall–Kier alpha value is -3.17. The third-order valence-corrected chi connectivity index (χ3v) is 5.36. The van der Waals surface area contributed by atoms with Crippen LogP contribution in [0.25, 0.3) is 11.0 Å². The Bertz CT molecular complexity index is 1150. The number of aromatic amines is 2. The maximum absolute atomic E-state index is 6.51. The summed E-state index contributed by atoms with van der Waals surface area (Å²) in [6, 6.07) is 7.74. The molecule has 0 saturated carbocycles. The number of hydrogen-bond donors (Lipinski definition) is 3. The lowest BCUT2D eigenvalue weighted by atomic mass is 10.0. The molecule has 29 heavy (non-hydrogen) atoms. The van der Waals surface area contributed by atoms with Crippen molar-refractivity contribution >= 4 is 40.2 Å². The number of halogens is 1. The molecular weight excluding hydrogens is 392 g/mol. The Balaban J connectivity index is 1.31. The Morgan fingerprint density at radius 3 is 2.97 bits per heavy atom. The van der Waals surface area contributed by atoms with Crippen molar-refractivity contribution in [1.29, 1.82) is 0 Å². The van der Waals surface area contributed by atoms with E-state index in [1.54, 1.807) is 18.6 Å². The average Bonchev–Trinajstić information content (AvgIpc) is 3.33. The number of hydrogen-bond acceptors (Lipinski definition) is 7. The fourth-order valence-corrected chi connectivity index (χ4v) is 3.50. The van der Waals surface area contributed by atoms with Gasteiger partial charge in [-0.15, -0.1) is 0 Å². The third kappa shape index (κ3) is 3.50. The highest BCUT2D eigenvalue weighted by Gasteiger charge is 2.22. The molecule has 1 aliphatic rings. The smallest absolute Gasteiger partial charge is 0.227 e. The Morgan fingerprint density at radius 2 is 2.14 bits per heavy atom. The summed E-state index contributed by atoms with van der Waals surface area (Å²) in [6.45, 7) is 2.02. The highest BCUT2D eigenvalue weighted by atomic mass is 35.5. The third-order valence-electron chi connectivity index (χ3n) is 4.93. The van der Waals surface area contributed by atoms with E-state index in [2.05, 4.69) is 35.5 Å². The number of imidazole rings is 1. The van der Waals surface area contributed by atoms with Gasteiger partial charge in [0.25, 0.3) is 0 Å². The summed E-state index contributed by atoms with van der Waals surface area (Å²) in [5.41, 5.74) is 3.69. The lowest BCUT2D eigenvalue weighted by Gasteiger charge is -2.24. The van der Waals surface area contributed by atoms with Crippen molar-refractivity contribution in [3.63, 3.8) is 0 Å². The molecule has 1 aromatic carbocycles. The van der Waals surface area contributed by atoms with Gasteiger partial charge in [0.2, 0.25) is 5.95 Å². The van der Waals surface area contributed by atoms with Crippen LogP contribution in [0.4, 0.5) is 17.6 Å². The Kier molecular flexibility index (Phi) is 4.53. The summed E-state index contributed by atoms with van der Waals surface area (Å²) in [4.78, 5) is 18.3. The van der Waals surface area contributed by atoms with E-state index in [4.69, 9.17) is 16.3 Å². The molecule has 3 aromatic heterocycles. The van der Waals surface area contributed by atoms with Gasteiger partial charge in [0, 0.05) is 37.5 Å². The molecule has 0 atom stereocenters. The van der Waals surface area contributed by atoms with Crippen molar-refractivity contribution in [2.75, 3.05) is 30.5 Å². The maximum Gasteiger partial charge on any atom is 0.227 e. The first kappa shape index (κ1) is 17.9. The zero-order valence-electron chi connectivity index (χ0n) is 15.7. The Morgan fingerprint density at radius 1 is 1.24 bits per heavy atom. The molecule has 1 aliphatic heterocycles. The predicted octanol–water partition coefficient (Wildman–Crippen LogP) is 3.22. The van der Waals surface area contributed by atoms with E-state index in [1.165, 1.54) is 0 Å². The van der Waals surface area contributed by atoms with E-state index in [-0.39, 0.29) is 0 Å². The zero-order chi connectivity index (χ0) is 19.8. The molecule has 4 heterocycles. The topological polar surface area (TPSA) is 108 Å². The summed E-state index contributed by atoms with van der Waals surface area (Å²) in [6.07, 6.45) is 3.35. The lowest BCUT2D eigenvalue weighted by Crippen LogP contribution is -2.25. The number of ether oxygens (including phenoxy) is 1. The van der Waals surface area contributed by atoms with Crippen LogP contribution in [-0.4, -0.2) is 50.4 Å². The Labute approximate surface area is 171 Å². The molecular formula is C19H19ClN8O. The van der Waals surface area contributed by atoms with E-state index in [9.17, 15) is 0 Å². The monoisotopic (exact) mass is 410 g/mol. The fourth-order valence-electron chi connectivity index (χ4n) is 3.22. The molecule has 0 aliphatic carbocycles. The number of nitrogens with one attached hydrogen (secondary N) is 3. The molecule has 0 bridgehead atoms. The molecule has 148 valence electrons. The van der Waals surface area contributed by atoms with Crippen molar-refractivity contribution in [2.24, 2.45) is 0 Å². The van der Waals surface area contributed by atoms with Gasteiger partial charge in [-0.25, -0.2) is 9.97 Å². The number of H-pyrrole nitrogens is 2. The van der Waals surface area contributed by atoms with Gasteiger partial charge < -0.3 is 19.9 Å². The molecule has 0 spiro atoms. The molecule has 4 aromatic rings. The minimum Gasteiger partial charge on any atom is -0.380 e. The van der Waals surface area contributed by atoms with Gasteiger partial charge in [-0.1, -0.05) is 17.7 Å². The summed E-state index contributed by atoms with van der Waals surface area (Å²) in [5.74, 6) is 2.35. The molecule has 9 nitrogen and oxygen atoms in total. The fraction of sp³-hybridized carbons (Fsp3) is 0.263. The van der Waals surface area contributed by atoms with Crippen LogP contribution < -0.4 is 10.2 Å². The van der Waals surface area contributed by atoms with E-state index in [1.807, 2.05) is 30.1 Å². The van der Waals surface area contributed by atoms with Crippen LogP contribution in [0.5, 0.6) is 0 Å². The minimum atomic E-state index is 0.391. The number of rotatable bonds is 6. The van der Waals surface area contributed by atoms with Gasteiger partial charge in [0.1, 0.15) is 11.3 Å². The maximum atomic E-state index is 6.51. The van der Waals surface area contributed by atoms with Gasteiger partial charge in [-0.05, 0) is 17.7 Å². The van der Waals surface area contributed by atoms with Crippen LogP contribution >= 0.6 is 11.6 Å². The van der Waals surface area contributed by atoms with Crippen molar-refractivity contribution in [1.82, 2.24) is 30.1 Å². The highest BCUT2D eigenvalue weighted by Crippen LogP contribution is 2.27. The first-order valence-electron chi connectivity index (χ1n) is 9.22. The number of benzene rings is 1. The molecule has 10 heteroatoms. The van der Waals surface area contributed by atoms with E-state index in [0.717, 1.165) is 35.5 Å². The van der Waals surface area contributed by atoms with E-state index >= 15 is 0 Å². The standard InChI is InChI=1S/C19H19ClN8O/c1-28(7-11-2-3-13-18(17(11)20)23-10-22-13)19-21-5-4-15(25-19)24-16-6-14(26-27-16)12-8-29-9-12/h2-6,10,12H,7-9H2,1H3,(H,22,23)(H2,21,24,25,26,27). The average molecular weight is 411 g/mol. The van der Waals surface area contributed by atoms with Gasteiger partial charge in [0.05, 0.1) is 30.1 Å². The summed E-state index contributed by atoms with van der Waals surface area (Å²) in [7, 11) is 1.92. The minimum absolute atomic E-state index is 0.391. The number of fused-ring (bicyclic) bond motifs is 1. The molecule has 0 radical (unpaired) electrons. The van der Waals surface area contributed by atoms with Crippen LogP contribution in [0, 0.1) is 0 Å². The second kappa shape index (κ2) is 7.34. The van der Waals surface area contributed by atoms with Crippen LogP contribution in [-0.2, 0) is 11.3 Å². The van der Waals surface area contributed by atoms with Gasteiger partial charge >= 0.3 is 0 Å². The zero-order valence-corrected chi connectivity index (χ0v) is 16.4. The summed E-state index contributed by atoms with van der Waals surface area (Å²) >= 11 is 6.51. The van der Waals surface area contributed by atoms with Gasteiger partial charge in [0.15, 0.2) is 5.82 Å². The highest BCUT2D eigenvalue weighted by molar-refractivity contribution is 6.35. The molecule has 5 rings (SSSR count). The van der Waals surface area contributed by atoms with E-state index in [0.29, 0.717) is 35.1 Å². The first-order chi connectivity index (χ1) is 14.2. The molecule has 1 fully saturated rings. The van der Waals surface area contributed by atoms with Crippen molar-refractivity contribution in [3.8, 4) is 0 Å². The predicted molar refractivity (Wildman–Crippen MR) is 111 cm³/mol. The number of nitrogens with zero attached hydrogens (tertiary/aromatic N) is 5. The van der Waals surface area contributed by atoms with E-state index < -0.39 is 0 Å². The second-order valence-corrected chi connectivity index (χ2v) is 7.38. The van der Waals surface area contributed by atoms with Crippen LogP contribution in [0.2, 0.25) is 5.02 Å². The largest absolute Gasteiger partial charge is 0.380 e. The number of anilines is 3. The normalized spacial score (nSPS) is 14.1. The second-order valence-electron chi connectivity index (χ2n) is 7.00. The van der Waals surface area contributed by atoms with Crippen LogP contribution in [0.1, 0.15) is 17.2 Å². The summed E-state index contributed by atoms with van der Waals surface area (Å²) < 4.78 is 5.23. The van der Waals surface area contributed by atoms with Gasteiger partial charge in [-0.2, -0.15) is 10.1 Å². The summed E-state index contributed by atoms with van der Waals surface area (Å²) in [5, 5.41) is 11.2. The first-order valence-corrected chi connectivity index (χ1v) is 9.60. The quantitative estimate of drug-likeness (QED) is 0.448. The molecule has 1 saturated heterocycles. The molecule has 3 N–H and O–H groups in total. The van der Waals surface area contributed by atoms with Crippen LogP contribution in [0.15, 0.2) is 36.8 Å². The molecule has 0 unspecified atom stereocenters. The van der Waals surface area contributed by atoms with Crippen molar-refractivity contribution in [2.45, 2.75) is 12.5 Å². The van der Waals surface area contributed by atoms with Gasteiger partial charge in [-0.3, -0.25) is 5.10 Å². The molecule has 0 amide bonds. The van der Waals surface area contributed by atoms with Crippen molar-refractivity contribution < 1.29 is 4.74 Å². The SMILES string of the molecule is CN(Cc1ccc2[nH]cnc2c1Cl)c1nccc(Nc2cc(C3COC3)[nH]n2)n1. The van der Waals surface area contributed by atoms with Crippen LogP contribution in [0.3, 0.4) is 0 Å². The van der Waals surface area contributed by atoms with Crippen molar-refractivity contribution in [3.05, 3.63) is 53.1 Å². The lowest BCUT2D eigenvalue weighted by molar-refractivity contribution is 0.00670.